The van der Waals surface area contributed by atoms with Gasteiger partial charge < -0.3 is 4.74 Å². The molecule has 2 aromatic carbocycles. The number of halogens is 3. The first-order chi connectivity index (χ1) is 12.8. The van der Waals surface area contributed by atoms with Gasteiger partial charge in [-0.25, -0.2) is 9.18 Å². The van der Waals surface area contributed by atoms with Crippen LogP contribution in [0.1, 0.15) is 12.5 Å². The summed E-state index contributed by atoms with van der Waals surface area (Å²) in [5, 5.41) is 0.789. The number of methoxy groups -OCH3 is 1. The van der Waals surface area contributed by atoms with Crippen molar-refractivity contribution in [2.45, 2.75) is 6.92 Å². The van der Waals surface area contributed by atoms with E-state index in [1.54, 1.807) is 25.1 Å². The predicted octanol–water partition coefficient (Wildman–Crippen LogP) is 5.01. The van der Waals surface area contributed by atoms with Gasteiger partial charge in [0.15, 0.2) is 0 Å². The van der Waals surface area contributed by atoms with Crippen LogP contribution < -0.4 is 4.90 Å². The molecule has 1 aliphatic rings. The molecule has 4 nitrogen and oxygen atoms in total. The highest BCUT2D eigenvalue weighted by Gasteiger charge is 2.38. The summed E-state index contributed by atoms with van der Waals surface area (Å²) in [5.41, 5.74) is 1.60. The molecule has 27 heavy (non-hydrogen) atoms. The molecular weight excluding hydrogens is 392 g/mol. The Morgan fingerprint density at radius 2 is 1.81 bits per heavy atom. The van der Waals surface area contributed by atoms with Crippen molar-refractivity contribution in [1.82, 2.24) is 0 Å². The van der Waals surface area contributed by atoms with Gasteiger partial charge in [-0.1, -0.05) is 29.3 Å². The maximum atomic E-state index is 13.2. The molecule has 0 radical (unpaired) electrons. The standard InChI is InChI=1S/C20H14Cl2FNO3/c1-11-18(20(26)27-2)16(9-12-3-4-13(21)10-17(12)22)19(25)24(11)15-7-5-14(23)6-8-15/h3-10H,1-2H3/b16-9-. The molecule has 138 valence electrons. The van der Waals surface area contributed by atoms with E-state index in [1.807, 2.05) is 0 Å². The summed E-state index contributed by atoms with van der Waals surface area (Å²) in [6, 6.07) is 10.2. The highest BCUT2D eigenvalue weighted by molar-refractivity contribution is 6.36. The molecule has 1 amide bonds. The van der Waals surface area contributed by atoms with Gasteiger partial charge in [-0.05, 0) is 55.0 Å². The highest BCUT2D eigenvalue weighted by Crippen LogP contribution is 2.36. The minimum atomic E-state index is -0.651. The summed E-state index contributed by atoms with van der Waals surface area (Å²) in [6.07, 6.45) is 1.51. The second-order valence-corrected chi connectivity index (χ2v) is 6.64. The average Bonchev–Trinajstić information content (AvgIpc) is 2.88. The minimum Gasteiger partial charge on any atom is -0.465 e. The van der Waals surface area contributed by atoms with Crippen molar-refractivity contribution in [2.24, 2.45) is 0 Å². The van der Waals surface area contributed by atoms with Crippen LogP contribution in [0.15, 0.2) is 59.3 Å². The Bertz CT molecular complexity index is 997. The molecular formula is C20H14Cl2FNO3. The molecule has 1 aliphatic heterocycles. The van der Waals surface area contributed by atoms with Crippen LogP contribution in [0.3, 0.4) is 0 Å². The number of esters is 1. The Kier molecular flexibility index (Phi) is 5.35. The van der Waals surface area contributed by atoms with Crippen LogP contribution in [-0.4, -0.2) is 19.0 Å². The summed E-state index contributed by atoms with van der Waals surface area (Å²) in [5.74, 6) is -1.52. The number of allylic oxidation sites excluding steroid dienone is 1. The fraction of sp³-hybridized carbons (Fsp3) is 0.100. The number of hydrogen-bond acceptors (Lipinski definition) is 3. The van der Waals surface area contributed by atoms with Crippen molar-refractivity contribution in [3.05, 3.63) is 80.7 Å². The van der Waals surface area contributed by atoms with E-state index in [9.17, 15) is 14.0 Å². The second kappa shape index (κ2) is 7.55. The second-order valence-electron chi connectivity index (χ2n) is 5.79. The zero-order chi connectivity index (χ0) is 19.7. The fourth-order valence-electron chi connectivity index (χ4n) is 2.86. The number of ether oxygens (including phenoxy) is 1. The lowest BCUT2D eigenvalue weighted by Gasteiger charge is -2.17. The van der Waals surface area contributed by atoms with Crippen molar-refractivity contribution in [3.63, 3.8) is 0 Å². The van der Waals surface area contributed by atoms with Gasteiger partial charge in [0.05, 0.1) is 18.3 Å². The van der Waals surface area contributed by atoms with Crippen molar-refractivity contribution in [2.75, 3.05) is 12.0 Å². The quantitative estimate of drug-likeness (QED) is 0.532. The number of amides is 1. The van der Waals surface area contributed by atoms with E-state index in [1.165, 1.54) is 42.4 Å². The highest BCUT2D eigenvalue weighted by atomic mass is 35.5. The number of nitrogens with zero attached hydrogens (tertiary/aromatic N) is 1. The zero-order valence-corrected chi connectivity index (χ0v) is 15.9. The van der Waals surface area contributed by atoms with E-state index in [0.29, 0.717) is 27.0 Å². The van der Waals surface area contributed by atoms with Crippen molar-refractivity contribution in [3.8, 4) is 0 Å². The van der Waals surface area contributed by atoms with Gasteiger partial charge in [0.1, 0.15) is 5.82 Å². The number of carbonyl (C=O) groups excluding carboxylic acids is 2. The number of benzene rings is 2. The van der Waals surface area contributed by atoms with E-state index in [0.717, 1.165) is 0 Å². The lowest BCUT2D eigenvalue weighted by molar-refractivity contribution is -0.136. The van der Waals surface area contributed by atoms with Crippen LogP contribution in [0.25, 0.3) is 6.08 Å². The van der Waals surface area contributed by atoms with Crippen LogP contribution in [-0.2, 0) is 14.3 Å². The SMILES string of the molecule is COC(=O)C1=C(C)N(c2ccc(F)cc2)C(=O)/C1=C\c1ccc(Cl)cc1Cl. The lowest BCUT2D eigenvalue weighted by atomic mass is 10.0. The maximum Gasteiger partial charge on any atom is 0.340 e. The van der Waals surface area contributed by atoms with Gasteiger partial charge >= 0.3 is 5.97 Å². The molecule has 0 atom stereocenters. The molecule has 0 saturated heterocycles. The first-order valence-corrected chi connectivity index (χ1v) is 8.65. The van der Waals surface area contributed by atoms with Crippen LogP contribution in [0, 0.1) is 5.82 Å². The molecule has 0 bridgehead atoms. The number of hydrogen-bond donors (Lipinski definition) is 0. The third-order valence-corrected chi connectivity index (χ3v) is 4.70. The monoisotopic (exact) mass is 405 g/mol. The van der Waals surface area contributed by atoms with Gasteiger partial charge in [-0.15, -0.1) is 0 Å². The Morgan fingerprint density at radius 3 is 2.41 bits per heavy atom. The van der Waals surface area contributed by atoms with Crippen LogP contribution in [0.5, 0.6) is 0 Å². The van der Waals surface area contributed by atoms with Gasteiger partial charge in [0.2, 0.25) is 0 Å². The number of carbonyl (C=O) groups is 2. The van der Waals surface area contributed by atoms with E-state index < -0.39 is 17.7 Å². The Hall–Kier alpha value is -2.63. The van der Waals surface area contributed by atoms with E-state index in [2.05, 4.69) is 0 Å². The smallest absolute Gasteiger partial charge is 0.340 e. The number of anilines is 1. The fourth-order valence-corrected chi connectivity index (χ4v) is 3.32. The zero-order valence-electron chi connectivity index (χ0n) is 14.4. The van der Waals surface area contributed by atoms with Gasteiger partial charge in [0, 0.05) is 21.4 Å². The van der Waals surface area contributed by atoms with Crippen LogP contribution >= 0.6 is 23.2 Å². The first kappa shape index (κ1) is 19.1. The predicted molar refractivity (Wildman–Crippen MR) is 103 cm³/mol. The summed E-state index contributed by atoms with van der Waals surface area (Å²) < 4.78 is 18.1. The van der Waals surface area contributed by atoms with E-state index >= 15 is 0 Å². The molecule has 0 aromatic heterocycles. The molecule has 0 unspecified atom stereocenters. The Balaban J connectivity index is 2.15. The molecule has 0 spiro atoms. The van der Waals surface area contributed by atoms with Crippen LogP contribution in [0.2, 0.25) is 10.0 Å². The molecule has 0 aliphatic carbocycles. The third kappa shape index (κ3) is 3.61. The summed E-state index contributed by atoms with van der Waals surface area (Å²) in [7, 11) is 1.24. The van der Waals surface area contributed by atoms with Crippen molar-refractivity contribution < 1.29 is 18.7 Å². The molecule has 0 N–H and O–H groups in total. The number of rotatable bonds is 3. The van der Waals surface area contributed by atoms with Crippen molar-refractivity contribution in [1.29, 1.82) is 0 Å². The van der Waals surface area contributed by atoms with Crippen LogP contribution in [0.4, 0.5) is 10.1 Å². The third-order valence-electron chi connectivity index (χ3n) is 4.14. The average molecular weight is 406 g/mol. The molecule has 2 aromatic rings. The Morgan fingerprint density at radius 1 is 1.15 bits per heavy atom. The molecule has 7 heteroatoms. The molecule has 0 fully saturated rings. The van der Waals surface area contributed by atoms with E-state index in [-0.39, 0.29) is 11.1 Å². The van der Waals surface area contributed by atoms with E-state index in [4.69, 9.17) is 27.9 Å². The summed E-state index contributed by atoms with van der Waals surface area (Å²) in [4.78, 5) is 26.7. The normalized spacial score (nSPS) is 15.7. The van der Waals surface area contributed by atoms with Gasteiger partial charge in [-0.3, -0.25) is 9.69 Å². The first-order valence-electron chi connectivity index (χ1n) is 7.90. The topological polar surface area (TPSA) is 46.6 Å². The van der Waals surface area contributed by atoms with Crippen molar-refractivity contribution >= 4 is 46.8 Å². The minimum absolute atomic E-state index is 0.123. The lowest BCUT2D eigenvalue weighted by Crippen LogP contribution is -2.24. The molecule has 1 heterocycles. The summed E-state index contributed by atoms with van der Waals surface area (Å²) >= 11 is 12.1. The molecule has 0 saturated carbocycles. The summed E-state index contributed by atoms with van der Waals surface area (Å²) in [6.45, 7) is 1.62. The molecule has 3 rings (SSSR count). The maximum absolute atomic E-state index is 13.2. The van der Waals surface area contributed by atoms with Gasteiger partial charge in [0.25, 0.3) is 5.91 Å². The largest absolute Gasteiger partial charge is 0.465 e. The van der Waals surface area contributed by atoms with Gasteiger partial charge in [-0.2, -0.15) is 0 Å². The Labute approximate surface area is 165 Å².